The van der Waals surface area contributed by atoms with Gasteiger partial charge in [-0.15, -0.1) is 0 Å². The fourth-order valence-corrected chi connectivity index (χ4v) is 2.60. The first-order chi connectivity index (χ1) is 10.1. The molecular formula is C18H23ClN2. The van der Waals surface area contributed by atoms with E-state index in [-0.39, 0.29) is 0 Å². The maximum absolute atomic E-state index is 5.94. The predicted octanol–water partition coefficient (Wildman–Crippen LogP) is 4.55. The minimum absolute atomic E-state index is 0.392. The Balaban J connectivity index is 1.83. The van der Waals surface area contributed by atoms with Crippen molar-refractivity contribution in [1.29, 1.82) is 0 Å². The largest absolute Gasteiger partial charge is 0.399 e. The molecule has 21 heavy (non-hydrogen) atoms. The smallest absolute Gasteiger partial charge is 0.0406 e. The molecule has 0 aliphatic rings. The van der Waals surface area contributed by atoms with E-state index in [4.69, 9.17) is 17.3 Å². The zero-order valence-electron chi connectivity index (χ0n) is 12.7. The standard InChI is InChI=1S/C18H23ClN2/c1-14(16-8-10-17(19)11-9-16)21(2)12-4-6-15-5-3-7-18(20)13-15/h3,5,7-11,13-14H,4,6,12,20H2,1-2H3. The van der Waals surface area contributed by atoms with Crippen LogP contribution in [0.2, 0.25) is 5.02 Å². The second kappa shape index (κ2) is 7.48. The zero-order valence-corrected chi connectivity index (χ0v) is 13.5. The lowest BCUT2D eigenvalue weighted by Gasteiger charge is -2.25. The van der Waals surface area contributed by atoms with Gasteiger partial charge in [0.15, 0.2) is 0 Å². The first kappa shape index (κ1) is 15.9. The van der Waals surface area contributed by atoms with Gasteiger partial charge in [-0.05, 0) is 68.8 Å². The van der Waals surface area contributed by atoms with Crippen molar-refractivity contribution < 1.29 is 0 Å². The van der Waals surface area contributed by atoms with Crippen LogP contribution >= 0.6 is 11.6 Å². The van der Waals surface area contributed by atoms with Gasteiger partial charge in [-0.25, -0.2) is 0 Å². The molecule has 2 aromatic rings. The monoisotopic (exact) mass is 302 g/mol. The molecule has 0 radical (unpaired) electrons. The first-order valence-corrected chi connectivity index (χ1v) is 7.74. The van der Waals surface area contributed by atoms with Crippen LogP contribution in [-0.4, -0.2) is 18.5 Å². The Morgan fingerprint density at radius 3 is 2.52 bits per heavy atom. The summed E-state index contributed by atoms with van der Waals surface area (Å²) < 4.78 is 0. The second-order valence-electron chi connectivity index (χ2n) is 5.56. The van der Waals surface area contributed by atoms with Crippen LogP contribution in [0, 0.1) is 0 Å². The van der Waals surface area contributed by atoms with Crippen molar-refractivity contribution >= 4 is 17.3 Å². The third-order valence-corrected chi connectivity index (χ3v) is 4.19. The summed E-state index contributed by atoms with van der Waals surface area (Å²) in [4.78, 5) is 2.37. The molecule has 0 aliphatic carbocycles. The summed E-state index contributed by atoms with van der Waals surface area (Å²) >= 11 is 5.94. The molecule has 0 heterocycles. The number of anilines is 1. The number of nitrogen functional groups attached to an aromatic ring is 1. The number of nitrogens with zero attached hydrogens (tertiary/aromatic N) is 1. The van der Waals surface area contributed by atoms with Gasteiger partial charge in [0.1, 0.15) is 0 Å². The number of aryl methyl sites for hydroxylation is 1. The minimum atomic E-state index is 0.392. The Morgan fingerprint density at radius 1 is 1.14 bits per heavy atom. The van der Waals surface area contributed by atoms with Crippen LogP contribution < -0.4 is 5.73 Å². The van der Waals surface area contributed by atoms with Crippen LogP contribution in [0.4, 0.5) is 5.69 Å². The van der Waals surface area contributed by atoms with E-state index in [1.807, 2.05) is 24.3 Å². The summed E-state index contributed by atoms with van der Waals surface area (Å²) in [6.45, 7) is 3.28. The lowest BCUT2D eigenvalue weighted by atomic mass is 10.1. The lowest BCUT2D eigenvalue weighted by Crippen LogP contribution is -2.23. The highest BCUT2D eigenvalue weighted by molar-refractivity contribution is 6.30. The number of rotatable bonds is 6. The van der Waals surface area contributed by atoms with Crippen LogP contribution in [0.3, 0.4) is 0 Å². The van der Waals surface area contributed by atoms with Gasteiger partial charge in [0.05, 0.1) is 0 Å². The Labute approximate surface area is 132 Å². The summed E-state index contributed by atoms with van der Waals surface area (Å²) in [5.74, 6) is 0. The molecule has 0 saturated carbocycles. The topological polar surface area (TPSA) is 29.3 Å². The molecule has 0 spiro atoms. The number of halogens is 1. The molecule has 2 nitrogen and oxygen atoms in total. The molecule has 3 heteroatoms. The van der Waals surface area contributed by atoms with Crippen LogP contribution in [-0.2, 0) is 6.42 Å². The molecule has 0 aliphatic heterocycles. The van der Waals surface area contributed by atoms with E-state index in [1.165, 1.54) is 11.1 Å². The van der Waals surface area contributed by atoms with E-state index in [2.05, 4.69) is 43.1 Å². The van der Waals surface area contributed by atoms with Gasteiger partial charge in [-0.3, -0.25) is 4.90 Å². The molecule has 0 amide bonds. The molecule has 2 aromatic carbocycles. The van der Waals surface area contributed by atoms with Crippen LogP contribution in [0.15, 0.2) is 48.5 Å². The van der Waals surface area contributed by atoms with Crippen LogP contribution in [0.5, 0.6) is 0 Å². The third-order valence-electron chi connectivity index (χ3n) is 3.94. The normalized spacial score (nSPS) is 12.6. The molecule has 2 N–H and O–H groups in total. The summed E-state index contributed by atoms with van der Waals surface area (Å²) in [5, 5.41) is 0.787. The molecular weight excluding hydrogens is 280 g/mol. The van der Waals surface area contributed by atoms with E-state index >= 15 is 0 Å². The van der Waals surface area contributed by atoms with Crippen molar-refractivity contribution in [2.45, 2.75) is 25.8 Å². The Hall–Kier alpha value is -1.51. The van der Waals surface area contributed by atoms with Crippen molar-refractivity contribution in [3.8, 4) is 0 Å². The molecule has 2 rings (SSSR count). The highest BCUT2D eigenvalue weighted by Gasteiger charge is 2.11. The van der Waals surface area contributed by atoms with Gasteiger partial charge in [0.2, 0.25) is 0 Å². The first-order valence-electron chi connectivity index (χ1n) is 7.36. The van der Waals surface area contributed by atoms with Crippen molar-refractivity contribution in [2.75, 3.05) is 19.3 Å². The van der Waals surface area contributed by atoms with Gasteiger partial charge in [-0.2, -0.15) is 0 Å². The Morgan fingerprint density at radius 2 is 1.86 bits per heavy atom. The van der Waals surface area contributed by atoms with E-state index in [0.29, 0.717) is 6.04 Å². The van der Waals surface area contributed by atoms with Crippen LogP contribution in [0.25, 0.3) is 0 Å². The zero-order chi connectivity index (χ0) is 15.2. The molecule has 1 atom stereocenters. The SMILES string of the molecule is CC(c1ccc(Cl)cc1)N(C)CCCc1cccc(N)c1. The van der Waals surface area contributed by atoms with E-state index in [0.717, 1.165) is 30.1 Å². The average molecular weight is 303 g/mol. The minimum Gasteiger partial charge on any atom is -0.399 e. The lowest BCUT2D eigenvalue weighted by molar-refractivity contribution is 0.258. The van der Waals surface area contributed by atoms with Crippen LogP contribution in [0.1, 0.15) is 30.5 Å². The number of hydrogen-bond donors (Lipinski definition) is 1. The Bertz CT molecular complexity index is 566. The van der Waals surface area contributed by atoms with E-state index in [1.54, 1.807) is 0 Å². The molecule has 1 unspecified atom stereocenters. The highest BCUT2D eigenvalue weighted by Crippen LogP contribution is 2.21. The second-order valence-corrected chi connectivity index (χ2v) is 5.99. The van der Waals surface area contributed by atoms with Gasteiger partial charge in [-0.1, -0.05) is 35.9 Å². The van der Waals surface area contributed by atoms with Crippen molar-refractivity contribution in [3.63, 3.8) is 0 Å². The molecule has 0 aromatic heterocycles. The summed E-state index contributed by atoms with van der Waals surface area (Å²) in [6.07, 6.45) is 2.18. The fraction of sp³-hybridized carbons (Fsp3) is 0.333. The average Bonchev–Trinajstić information content (AvgIpc) is 2.47. The van der Waals surface area contributed by atoms with Gasteiger partial charge < -0.3 is 5.73 Å². The van der Waals surface area contributed by atoms with Crippen molar-refractivity contribution in [1.82, 2.24) is 4.90 Å². The Kier molecular flexibility index (Phi) is 5.66. The third kappa shape index (κ3) is 4.76. The number of hydrogen-bond acceptors (Lipinski definition) is 2. The fourth-order valence-electron chi connectivity index (χ4n) is 2.47. The van der Waals surface area contributed by atoms with Crippen molar-refractivity contribution in [3.05, 3.63) is 64.7 Å². The quantitative estimate of drug-likeness (QED) is 0.793. The molecule has 0 saturated heterocycles. The summed E-state index contributed by atoms with van der Waals surface area (Å²) in [5.41, 5.74) is 9.25. The summed E-state index contributed by atoms with van der Waals surface area (Å²) in [7, 11) is 2.17. The van der Waals surface area contributed by atoms with Gasteiger partial charge in [0.25, 0.3) is 0 Å². The molecule has 0 fully saturated rings. The maximum Gasteiger partial charge on any atom is 0.0406 e. The van der Waals surface area contributed by atoms with Gasteiger partial charge in [0, 0.05) is 16.8 Å². The molecule has 112 valence electrons. The summed E-state index contributed by atoms with van der Waals surface area (Å²) in [6, 6.07) is 16.6. The van der Waals surface area contributed by atoms with E-state index < -0.39 is 0 Å². The van der Waals surface area contributed by atoms with Gasteiger partial charge >= 0.3 is 0 Å². The number of nitrogens with two attached hydrogens (primary N) is 1. The molecule has 0 bridgehead atoms. The van der Waals surface area contributed by atoms with Crippen molar-refractivity contribution in [2.24, 2.45) is 0 Å². The predicted molar refractivity (Wildman–Crippen MR) is 91.7 cm³/mol. The number of benzene rings is 2. The van der Waals surface area contributed by atoms with E-state index in [9.17, 15) is 0 Å². The highest BCUT2D eigenvalue weighted by atomic mass is 35.5. The maximum atomic E-state index is 5.94.